The third-order valence-electron chi connectivity index (χ3n) is 4.06. The molecule has 2 aromatic heterocycles. The molecule has 1 amide bonds. The summed E-state index contributed by atoms with van der Waals surface area (Å²) in [6.45, 7) is 1.92. The van der Waals surface area contributed by atoms with E-state index in [1.54, 1.807) is 55.4 Å². The molecule has 132 valence electrons. The molecule has 0 spiro atoms. The van der Waals surface area contributed by atoms with E-state index in [9.17, 15) is 13.2 Å². The van der Waals surface area contributed by atoms with Crippen LogP contribution >= 0.6 is 0 Å². The maximum Gasteiger partial charge on any atom is 0.272 e. The lowest BCUT2D eigenvalue weighted by molar-refractivity contribution is 0.0945. The lowest BCUT2D eigenvalue weighted by atomic mass is 10.0. The van der Waals surface area contributed by atoms with Gasteiger partial charge in [-0.15, -0.1) is 0 Å². The Labute approximate surface area is 145 Å². The number of rotatable bonds is 5. The minimum absolute atomic E-state index is 0.0476. The van der Waals surface area contributed by atoms with Crippen molar-refractivity contribution < 1.29 is 13.2 Å². The number of hydrogen-bond donors (Lipinski definition) is 1. The van der Waals surface area contributed by atoms with Gasteiger partial charge in [0.2, 0.25) is 0 Å². The zero-order valence-electron chi connectivity index (χ0n) is 14.0. The lowest BCUT2D eigenvalue weighted by Gasteiger charge is -2.25. The molecule has 1 aliphatic rings. The van der Waals surface area contributed by atoms with Gasteiger partial charge in [0, 0.05) is 31.5 Å². The van der Waals surface area contributed by atoms with Crippen LogP contribution in [-0.4, -0.2) is 38.0 Å². The third kappa shape index (κ3) is 3.27. The fourth-order valence-corrected chi connectivity index (χ4v) is 3.91. The summed E-state index contributed by atoms with van der Waals surface area (Å²) < 4.78 is 27.0. The van der Waals surface area contributed by atoms with Crippen molar-refractivity contribution in [2.24, 2.45) is 7.05 Å². The average Bonchev–Trinajstić information content (AvgIpc) is 3.22. The summed E-state index contributed by atoms with van der Waals surface area (Å²) in [5, 5.41) is 10.7. The van der Waals surface area contributed by atoms with E-state index >= 15 is 0 Å². The summed E-state index contributed by atoms with van der Waals surface area (Å²) in [4.78, 5) is 12.2. The zero-order chi connectivity index (χ0) is 18.1. The predicted molar refractivity (Wildman–Crippen MR) is 92.2 cm³/mol. The quantitative estimate of drug-likeness (QED) is 0.856. The molecule has 0 saturated heterocycles. The minimum atomic E-state index is -3.76. The fraction of sp³-hybridized carbons (Fsp3) is 0.312. The van der Waals surface area contributed by atoms with Gasteiger partial charge in [-0.1, -0.05) is 24.3 Å². The Morgan fingerprint density at radius 3 is 2.84 bits per heavy atom. The predicted octanol–water partition coefficient (Wildman–Crippen LogP) is 0.999. The molecule has 8 nitrogen and oxygen atoms in total. The number of aryl methyl sites for hydroxylation is 1. The molecule has 2 aromatic rings. The number of aromatic nitrogens is 4. The second-order valence-electron chi connectivity index (χ2n) is 6.09. The molecule has 1 N–H and O–H groups in total. The first-order chi connectivity index (χ1) is 11.8. The van der Waals surface area contributed by atoms with Crippen molar-refractivity contribution in [3.63, 3.8) is 0 Å². The summed E-state index contributed by atoms with van der Waals surface area (Å²) >= 11 is 0. The minimum Gasteiger partial charge on any atom is -0.346 e. The maximum atomic E-state index is 12.8. The highest BCUT2D eigenvalue weighted by atomic mass is 32.2. The van der Waals surface area contributed by atoms with Gasteiger partial charge in [0.05, 0.1) is 6.20 Å². The molecular formula is C16H19N5O3S. The van der Waals surface area contributed by atoms with Crippen molar-refractivity contribution >= 4 is 15.9 Å². The topological polar surface area (TPSA) is 98.9 Å². The summed E-state index contributed by atoms with van der Waals surface area (Å²) in [5.74, 6) is -0.443. The average molecular weight is 361 g/mol. The number of hydrogen-bond acceptors (Lipinski definition) is 5. The summed E-state index contributed by atoms with van der Waals surface area (Å²) in [5.41, 5.74) is 0.890. The normalized spacial score (nSPS) is 19.9. The molecule has 0 radical (unpaired) electrons. The highest BCUT2D eigenvalue weighted by Gasteiger charge is 2.38. The first kappa shape index (κ1) is 17.2. The Kier molecular flexibility index (Phi) is 4.34. The molecule has 3 rings (SSSR count). The van der Waals surface area contributed by atoms with Crippen molar-refractivity contribution in [1.82, 2.24) is 24.3 Å². The van der Waals surface area contributed by atoms with Crippen LogP contribution < -0.4 is 5.32 Å². The van der Waals surface area contributed by atoms with Gasteiger partial charge < -0.3 is 5.32 Å². The fourth-order valence-electron chi connectivity index (χ4n) is 2.51. The highest BCUT2D eigenvalue weighted by Crippen LogP contribution is 2.28. The van der Waals surface area contributed by atoms with Crippen LogP contribution in [-0.2, 0) is 23.6 Å². The van der Waals surface area contributed by atoms with Crippen molar-refractivity contribution in [2.45, 2.75) is 24.6 Å². The van der Waals surface area contributed by atoms with Gasteiger partial charge in [0.25, 0.3) is 15.9 Å². The van der Waals surface area contributed by atoms with E-state index in [1.807, 2.05) is 0 Å². The highest BCUT2D eigenvalue weighted by molar-refractivity contribution is 7.91. The number of allylic oxidation sites excluding steroid dienone is 3. The number of nitrogens with zero attached hydrogens (tertiary/aromatic N) is 4. The lowest BCUT2D eigenvalue weighted by Crippen LogP contribution is -2.38. The van der Waals surface area contributed by atoms with Crippen molar-refractivity contribution in [3.8, 4) is 0 Å². The summed E-state index contributed by atoms with van der Waals surface area (Å²) in [6.07, 6.45) is 12.0. The van der Waals surface area contributed by atoms with Crippen LogP contribution in [0.5, 0.6) is 0 Å². The van der Waals surface area contributed by atoms with Gasteiger partial charge in [0.15, 0.2) is 5.69 Å². The monoisotopic (exact) mass is 361 g/mol. The smallest absolute Gasteiger partial charge is 0.272 e. The molecular weight excluding hydrogens is 342 g/mol. The molecule has 0 fully saturated rings. The summed E-state index contributed by atoms with van der Waals surface area (Å²) in [7, 11) is -1.98. The van der Waals surface area contributed by atoms with E-state index in [4.69, 9.17) is 0 Å². The van der Waals surface area contributed by atoms with E-state index in [0.29, 0.717) is 6.42 Å². The SMILES string of the molecule is Cn1cc(CNC(=O)c2ccn(S(=O)(=O)C3(C)C=CC=CC3)n2)cn1. The van der Waals surface area contributed by atoms with Gasteiger partial charge in [-0.25, -0.2) is 8.42 Å². The number of carbonyl (C=O) groups is 1. The second-order valence-corrected chi connectivity index (χ2v) is 8.34. The molecule has 25 heavy (non-hydrogen) atoms. The van der Waals surface area contributed by atoms with Crippen molar-refractivity contribution in [1.29, 1.82) is 0 Å². The first-order valence-electron chi connectivity index (χ1n) is 7.73. The molecule has 0 bridgehead atoms. The Hall–Kier alpha value is -2.68. The second kappa shape index (κ2) is 6.32. The maximum absolute atomic E-state index is 12.8. The van der Waals surface area contributed by atoms with Crippen LogP contribution in [0, 0.1) is 0 Å². The Morgan fingerprint density at radius 1 is 1.40 bits per heavy atom. The van der Waals surface area contributed by atoms with Crippen LogP contribution in [0.1, 0.15) is 29.4 Å². The van der Waals surface area contributed by atoms with Crippen LogP contribution in [0.15, 0.2) is 49.0 Å². The molecule has 0 saturated carbocycles. The largest absolute Gasteiger partial charge is 0.346 e. The molecule has 0 aromatic carbocycles. The Bertz CT molecular complexity index is 954. The van der Waals surface area contributed by atoms with E-state index in [1.165, 1.54) is 12.3 Å². The van der Waals surface area contributed by atoms with Crippen LogP contribution in [0.4, 0.5) is 0 Å². The number of amides is 1. The van der Waals surface area contributed by atoms with Crippen LogP contribution in [0.25, 0.3) is 0 Å². The first-order valence-corrected chi connectivity index (χ1v) is 9.17. The third-order valence-corrected chi connectivity index (χ3v) is 6.24. The van der Waals surface area contributed by atoms with Crippen LogP contribution in [0.2, 0.25) is 0 Å². The van der Waals surface area contributed by atoms with Gasteiger partial charge in [-0.05, 0) is 19.4 Å². The van der Waals surface area contributed by atoms with Gasteiger partial charge in [0.1, 0.15) is 4.75 Å². The standard InChI is InChI=1S/C16H19N5O3S/c1-16(7-4-3-5-8-16)25(23,24)21-9-6-14(19-21)15(22)17-10-13-11-18-20(2)12-13/h3-7,9,11-12H,8,10H2,1-2H3,(H,17,22). The van der Waals surface area contributed by atoms with Gasteiger partial charge >= 0.3 is 0 Å². The Morgan fingerprint density at radius 2 is 2.20 bits per heavy atom. The van der Waals surface area contributed by atoms with E-state index in [0.717, 1.165) is 9.65 Å². The van der Waals surface area contributed by atoms with Crippen molar-refractivity contribution in [2.75, 3.05) is 0 Å². The van der Waals surface area contributed by atoms with Crippen molar-refractivity contribution in [3.05, 3.63) is 60.2 Å². The molecule has 0 aliphatic heterocycles. The molecule has 1 aliphatic carbocycles. The van der Waals surface area contributed by atoms with E-state index in [2.05, 4.69) is 15.5 Å². The number of carbonyl (C=O) groups excluding carboxylic acids is 1. The van der Waals surface area contributed by atoms with Crippen LogP contribution in [0.3, 0.4) is 0 Å². The van der Waals surface area contributed by atoms with Gasteiger partial charge in [-0.2, -0.15) is 14.3 Å². The van der Waals surface area contributed by atoms with E-state index in [-0.39, 0.29) is 12.2 Å². The number of nitrogens with one attached hydrogen (secondary N) is 1. The Balaban J connectivity index is 1.74. The molecule has 1 atom stereocenters. The molecule has 1 unspecified atom stereocenters. The van der Waals surface area contributed by atoms with Gasteiger partial charge in [-0.3, -0.25) is 9.48 Å². The zero-order valence-corrected chi connectivity index (χ0v) is 14.8. The molecule has 9 heteroatoms. The van der Waals surface area contributed by atoms with E-state index < -0.39 is 20.7 Å². The molecule has 2 heterocycles. The summed E-state index contributed by atoms with van der Waals surface area (Å²) in [6, 6.07) is 1.39.